The first-order valence-corrected chi connectivity index (χ1v) is 4.74. The van der Waals surface area contributed by atoms with E-state index in [9.17, 15) is 0 Å². The molecule has 1 saturated heterocycles. The summed E-state index contributed by atoms with van der Waals surface area (Å²) in [4.78, 5) is 0. The monoisotopic (exact) mass is 193 g/mol. The minimum absolute atomic E-state index is 0. The van der Waals surface area contributed by atoms with Gasteiger partial charge in [0.05, 0.1) is 0 Å². The summed E-state index contributed by atoms with van der Waals surface area (Å²) in [5.41, 5.74) is 0. The number of rotatable bonds is 4. The molecule has 0 amide bonds. The minimum atomic E-state index is 0. The summed E-state index contributed by atoms with van der Waals surface area (Å²) in [7, 11) is 0. The highest BCUT2D eigenvalue weighted by molar-refractivity contribution is 5.85. The molecule has 0 aliphatic carbocycles. The predicted octanol–water partition coefficient (Wildman–Crippen LogP) is 1.98. The lowest BCUT2D eigenvalue weighted by atomic mass is 10.0. The maximum absolute atomic E-state index is 5.30. The third kappa shape index (κ3) is 4.96. The molecular weight excluding hydrogens is 174 g/mol. The molecule has 0 spiro atoms. The highest BCUT2D eigenvalue weighted by atomic mass is 35.5. The first-order valence-electron chi connectivity index (χ1n) is 4.74. The van der Waals surface area contributed by atoms with Crippen molar-refractivity contribution in [1.29, 1.82) is 0 Å². The molecule has 0 aromatic rings. The molecule has 1 rings (SSSR count). The maximum Gasteiger partial charge on any atom is 0.0480 e. The van der Waals surface area contributed by atoms with Crippen LogP contribution < -0.4 is 5.32 Å². The number of hydrogen-bond donors (Lipinski definition) is 1. The van der Waals surface area contributed by atoms with E-state index >= 15 is 0 Å². The average molecular weight is 194 g/mol. The third-order valence-electron chi connectivity index (χ3n) is 2.23. The van der Waals surface area contributed by atoms with Gasteiger partial charge in [0.25, 0.3) is 0 Å². The number of nitrogens with one attached hydrogen (secondary N) is 1. The summed E-state index contributed by atoms with van der Waals surface area (Å²) >= 11 is 0. The van der Waals surface area contributed by atoms with Crippen LogP contribution in [-0.2, 0) is 4.74 Å². The molecule has 1 unspecified atom stereocenters. The molecular formula is C9H20ClNO. The molecule has 1 heterocycles. The van der Waals surface area contributed by atoms with Gasteiger partial charge in [-0.1, -0.05) is 6.42 Å². The summed E-state index contributed by atoms with van der Waals surface area (Å²) in [5, 5.41) is 3.50. The lowest BCUT2D eigenvalue weighted by Gasteiger charge is -2.22. The van der Waals surface area contributed by atoms with Crippen LogP contribution in [0.4, 0.5) is 0 Å². The Labute approximate surface area is 81.5 Å². The highest BCUT2D eigenvalue weighted by Crippen LogP contribution is 2.09. The van der Waals surface area contributed by atoms with E-state index in [2.05, 4.69) is 5.32 Å². The van der Waals surface area contributed by atoms with Gasteiger partial charge in [-0.3, -0.25) is 0 Å². The third-order valence-corrected chi connectivity index (χ3v) is 2.23. The summed E-state index contributed by atoms with van der Waals surface area (Å²) in [6.45, 7) is 5.03. The molecule has 1 N–H and O–H groups in total. The Kier molecular flexibility index (Phi) is 7.98. The van der Waals surface area contributed by atoms with Crippen LogP contribution in [0.5, 0.6) is 0 Å². The van der Waals surface area contributed by atoms with Crippen molar-refractivity contribution in [3.8, 4) is 0 Å². The van der Waals surface area contributed by atoms with Gasteiger partial charge in [0.15, 0.2) is 0 Å². The molecule has 0 saturated carbocycles. The molecule has 1 aliphatic rings. The van der Waals surface area contributed by atoms with Crippen LogP contribution in [0, 0.1) is 0 Å². The van der Waals surface area contributed by atoms with Crippen LogP contribution >= 0.6 is 12.4 Å². The summed E-state index contributed by atoms with van der Waals surface area (Å²) < 4.78 is 5.30. The van der Waals surface area contributed by atoms with E-state index in [0.717, 1.165) is 19.3 Å². The number of ether oxygens (including phenoxy) is 1. The Balaban J connectivity index is 0.00000121. The Bertz CT molecular complexity index is 94.5. The topological polar surface area (TPSA) is 21.3 Å². The van der Waals surface area contributed by atoms with E-state index in [-0.39, 0.29) is 12.4 Å². The molecule has 0 bridgehead atoms. The average Bonchev–Trinajstić information content (AvgIpc) is 2.07. The molecule has 1 fully saturated rings. The van der Waals surface area contributed by atoms with Crippen molar-refractivity contribution in [2.75, 3.05) is 19.8 Å². The van der Waals surface area contributed by atoms with Crippen molar-refractivity contribution in [3.63, 3.8) is 0 Å². The largest absolute Gasteiger partial charge is 0.382 e. The van der Waals surface area contributed by atoms with E-state index in [1.807, 2.05) is 6.92 Å². The summed E-state index contributed by atoms with van der Waals surface area (Å²) in [6.07, 6.45) is 5.27. The smallest absolute Gasteiger partial charge is 0.0480 e. The molecule has 3 heteroatoms. The Morgan fingerprint density at radius 1 is 1.42 bits per heavy atom. The Morgan fingerprint density at radius 3 is 2.83 bits per heavy atom. The first kappa shape index (κ1) is 12.2. The number of hydrogen-bond acceptors (Lipinski definition) is 2. The van der Waals surface area contributed by atoms with E-state index in [4.69, 9.17) is 4.74 Å². The van der Waals surface area contributed by atoms with Gasteiger partial charge in [0, 0.05) is 19.3 Å². The second kappa shape index (κ2) is 7.84. The van der Waals surface area contributed by atoms with Crippen LogP contribution in [0.2, 0.25) is 0 Å². The van der Waals surface area contributed by atoms with Crippen LogP contribution in [-0.4, -0.2) is 25.8 Å². The Hall–Kier alpha value is 0.210. The van der Waals surface area contributed by atoms with Gasteiger partial charge in [0.1, 0.15) is 0 Å². The van der Waals surface area contributed by atoms with Crippen LogP contribution in [0.3, 0.4) is 0 Å². The molecule has 2 nitrogen and oxygen atoms in total. The van der Waals surface area contributed by atoms with Crippen LogP contribution in [0.25, 0.3) is 0 Å². The molecule has 1 atom stereocenters. The van der Waals surface area contributed by atoms with E-state index in [1.165, 1.54) is 32.2 Å². The van der Waals surface area contributed by atoms with Crippen LogP contribution in [0.15, 0.2) is 0 Å². The van der Waals surface area contributed by atoms with Gasteiger partial charge in [0.2, 0.25) is 0 Å². The van der Waals surface area contributed by atoms with Crippen molar-refractivity contribution < 1.29 is 4.74 Å². The zero-order valence-electron chi connectivity index (χ0n) is 7.84. The van der Waals surface area contributed by atoms with Gasteiger partial charge in [-0.2, -0.15) is 0 Å². The molecule has 0 aromatic carbocycles. The fourth-order valence-electron chi connectivity index (χ4n) is 1.54. The molecule has 12 heavy (non-hydrogen) atoms. The second-order valence-electron chi connectivity index (χ2n) is 3.13. The fourth-order valence-corrected chi connectivity index (χ4v) is 1.54. The molecule has 0 radical (unpaired) electrons. The van der Waals surface area contributed by atoms with Crippen molar-refractivity contribution in [2.45, 2.75) is 38.6 Å². The van der Waals surface area contributed by atoms with Crippen molar-refractivity contribution in [2.24, 2.45) is 0 Å². The lowest BCUT2D eigenvalue weighted by Crippen LogP contribution is -2.34. The van der Waals surface area contributed by atoms with Crippen molar-refractivity contribution in [1.82, 2.24) is 5.32 Å². The molecule has 0 aromatic heterocycles. The van der Waals surface area contributed by atoms with Crippen LogP contribution in [0.1, 0.15) is 32.6 Å². The maximum atomic E-state index is 5.30. The predicted molar refractivity (Wildman–Crippen MR) is 54.0 cm³/mol. The minimum Gasteiger partial charge on any atom is -0.382 e. The first-order chi connectivity index (χ1) is 5.43. The normalized spacial score (nSPS) is 23.2. The SMILES string of the molecule is CCOCCC1CCCCN1.Cl. The van der Waals surface area contributed by atoms with Gasteiger partial charge >= 0.3 is 0 Å². The van der Waals surface area contributed by atoms with Crippen molar-refractivity contribution >= 4 is 12.4 Å². The van der Waals surface area contributed by atoms with Crippen molar-refractivity contribution in [3.05, 3.63) is 0 Å². The zero-order valence-corrected chi connectivity index (χ0v) is 8.66. The number of piperidine rings is 1. The van der Waals surface area contributed by atoms with Gasteiger partial charge < -0.3 is 10.1 Å². The summed E-state index contributed by atoms with van der Waals surface area (Å²) in [5.74, 6) is 0. The zero-order chi connectivity index (χ0) is 7.94. The van der Waals surface area contributed by atoms with E-state index < -0.39 is 0 Å². The standard InChI is InChI=1S/C9H19NO.ClH/c1-2-11-8-6-9-5-3-4-7-10-9;/h9-10H,2-8H2,1H3;1H. The van der Waals surface area contributed by atoms with Gasteiger partial charge in [-0.05, 0) is 32.7 Å². The second-order valence-corrected chi connectivity index (χ2v) is 3.13. The summed E-state index contributed by atoms with van der Waals surface area (Å²) in [6, 6.07) is 0.732. The lowest BCUT2D eigenvalue weighted by molar-refractivity contribution is 0.133. The molecule has 1 aliphatic heterocycles. The van der Waals surface area contributed by atoms with Gasteiger partial charge in [-0.15, -0.1) is 12.4 Å². The quantitative estimate of drug-likeness (QED) is 0.690. The van der Waals surface area contributed by atoms with Gasteiger partial charge in [-0.25, -0.2) is 0 Å². The van der Waals surface area contributed by atoms with E-state index in [0.29, 0.717) is 0 Å². The Morgan fingerprint density at radius 2 is 2.25 bits per heavy atom. The highest BCUT2D eigenvalue weighted by Gasteiger charge is 2.10. The van der Waals surface area contributed by atoms with E-state index in [1.54, 1.807) is 0 Å². The molecule has 74 valence electrons. The fraction of sp³-hybridized carbons (Fsp3) is 1.00. The number of halogens is 1.